The van der Waals surface area contributed by atoms with Crippen LogP contribution >= 0.6 is 0 Å². The molecule has 6 heteroatoms. The summed E-state index contributed by atoms with van der Waals surface area (Å²) in [6.07, 6.45) is 8.49. The summed E-state index contributed by atoms with van der Waals surface area (Å²) in [4.78, 5) is 11.9. The number of carbonyl (C=O) groups excluding carboxylic acids is 1. The zero-order valence-electron chi connectivity index (χ0n) is 14.5. The summed E-state index contributed by atoms with van der Waals surface area (Å²) >= 11 is 0. The Morgan fingerprint density at radius 3 is 2.63 bits per heavy atom. The second-order valence-corrected chi connectivity index (χ2v) is 5.43. The van der Waals surface area contributed by atoms with Crippen LogP contribution in [0.25, 0.3) is 6.08 Å². The molecule has 0 spiro atoms. The molecule has 4 nitrogen and oxygen atoms in total. The Morgan fingerprint density at radius 1 is 1.19 bits per heavy atom. The van der Waals surface area contributed by atoms with Gasteiger partial charge in [0.1, 0.15) is 18.1 Å². The van der Waals surface area contributed by atoms with Gasteiger partial charge in [0.25, 0.3) is 0 Å². The normalized spacial score (nSPS) is 10.6. The first kappa shape index (κ1) is 20.0. The van der Waals surface area contributed by atoms with Gasteiger partial charge in [-0.1, -0.05) is 36.3 Å². The molecule has 0 fully saturated rings. The summed E-state index contributed by atoms with van der Waals surface area (Å²) in [5, 5.41) is 2.74. The van der Waals surface area contributed by atoms with Gasteiger partial charge in [-0.3, -0.25) is 4.79 Å². The molecule has 0 saturated carbocycles. The molecule has 2 aromatic rings. The predicted octanol–water partition coefficient (Wildman–Crippen LogP) is 3.67. The monoisotopic (exact) mass is 371 g/mol. The summed E-state index contributed by atoms with van der Waals surface area (Å²) in [6, 6.07) is 13.7. The van der Waals surface area contributed by atoms with E-state index in [9.17, 15) is 13.6 Å². The number of rotatable bonds is 9. The van der Waals surface area contributed by atoms with Gasteiger partial charge in [-0.2, -0.15) is 8.78 Å². The Morgan fingerprint density at radius 2 is 1.93 bits per heavy atom. The maximum Gasteiger partial charge on any atom is 0.387 e. The molecule has 0 bridgehead atoms. The van der Waals surface area contributed by atoms with Crippen molar-refractivity contribution >= 4 is 12.0 Å². The quantitative estimate of drug-likeness (QED) is 0.540. The minimum atomic E-state index is -2.92. The van der Waals surface area contributed by atoms with Crippen molar-refractivity contribution in [3.8, 4) is 23.8 Å². The summed E-state index contributed by atoms with van der Waals surface area (Å²) in [5.74, 6) is 2.78. The molecule has 0 atom stereocenters. The van der Waals surface area contributed by atoms with E-state index in [0.717, 1.165) is 5.56 Å². The summed E-state index contributed by atoms with van der Waals surface area (Å²) in [5.41, 5.74) is 1.43. The lowest BCUT2D eigenvalue weighted by molar-refractivity contribution is -0.116. The second-order valence-electron chi connectivity index (χ2n) is 5.43. The third kappa shape index (κ3) is 7.20. The van der Waals surface area contributed by atoms with Crippen molar-refractivity contribution in [1.29, 1.82) is 0 Å². The molecule has 0 aromatic heterocycles. The third-order valence-corrected chi connectivity index (χ3v) is 3.51. The van der Waals surface area contributed by atoms with Crippen LogP contribution in [-0.2, 0) is 11.2 Å². The highest BCUT2D eigenvalue weighted by Crippen LogP contribution is 2.21. The Labute approximate surface area is 156 Å². The first-order chi connectivity index (χ1) is 13.1. The van der Waals surface area contributed by atoms with Gasteiger partial charge in [0.2, 0.25) is 5.91 Å². The predicted molar refractivity (Wildman–Crippen MR) is 99.6 cm³/mol. The lowest BCUT2D eigenvalue weighted by atomic mass is 10.1. The molecule has 2 aromatic carbocycles. The Balaban J connectivity index is 1.81. The third-order valence-electron chi connectivity index (χ3n) is 3.51. The first-order valence-electron chi connectivity index (χ1n) is 8.23. The lowest BCUT2D eigenvalue weighted by Crippen LogP contribution is -2.23. The van der Waals surface area contributed by atoms with Gasteiger partial charge >= 0.3 is 6.61 Å². The topological polar surface area (TPSA) is 47.6 Å². The van der Waals surface area contributed by atoms with Crippen molar-refractivity contribution in [2.24, 2.45) is 0 Å². The van der Waals surface area contributed by atoms with Crippen LogP contribution in [0.2, 0.25) is 0 Å². The van der Waals surface area contributed by atoms with Crippen LogP contribution in [-0.4, -0.2) is 25.7 Å². The molecule has 0 aliphatic rings. The number of alkyl halides is 2. The smallest absolute Gasteiger partial charge is 0.387 e. The van der Waals surface area contributed by atoms with Crippen LogP contribution in [0.3, 0.4) is 0 Å². The van der Waals surface area contributed by atoms with Crippen LogP contribution in [0.1, 0.15) is 11.1 Å². The molecule has 0 saturated heterocycles. The Hall–Kier alpha value is -3.33. The summed E-state index contributed by atoms with van der Waals surface area (Å²) in [6.45, 7) is -2.27. The number of terminal acetylenes is 1. The molecule has 27 heavy (non-hydrogen) atoms. The number of carbonyl (C=O) groups is 1. The van der Waals surface area contributed by atoms with Gasteiger partial charge in [0.05, 0.1) is 0 Å². The maximum absolute atomic E-state index is 12.4. The molecule has 0 aliphatic carbocycles. The van der Waals surface area contributed by atoms with Gasteiger partial charge in [0.15, 0.2) is 0 Å². The molecule has 2 rings (SSSR count). The van der Waals surface area contributed by atoms with E-state index >= 15 is 0 Å². The molecular weight excluding hydrogens is 352 g/mol. The number of para-hydroxylation sites is 1. The molecule has 140 valence electrons. The van der Waals surface area contributed by atoms with Gasteiger partial charge < -0.3 is 14.8 Å². The van der Waals surface area contributed by atoms with E-state index < -0.39 is 6.61 Å². The van der Waals surface area contributed by atoms with Crippen molar-refractivity contribution in [1.82, 2.24) is 5.32 Å². The van der Waals surface area contributed by atoms with E-state index in [4.69, 9.17) is 11.2 Å². The largest absolute Gasteiger partial charge is 0.481 e. The van der Waals surface area contributed by atoms with E-state index in [1.165, 1.54) is 18.2 Å². The number of benzene rings is 2. The fraction of sp³-hybridized carbons (Fsp3) is 0.190. The molecule has 1 amide bonds. The molecule has 0 radical (unpaired) electrons. The minimum absolute atomic E-state index is 0.0173. The number of amides is 1. The highest BCUT2D eigenvalue weighted by atomic mass is 19.3. The fourth-order valence-electron chi connectivity index (χ4n) is 2.25. The van der Waals surface area contributed by atoms with E-state index in [0.29, 0.717) is 24.3 Å². The van der Waals surface area contributed by atoms with Crippen LogP contribution in [0.15, 0.2) is 54.6 Å². The van der Waals surface area contributed by atoms with E-state index in [1.54, 1.807) is 18.2 Å². The second kappa shape index (κ2) is 10.6. The minimum Gasteiger partial charge on any atom is -0.481 e. The average molecular weight is 371 g/mol. The van der Waals surface area contributed by atoms with Gasteiger partial charge in [-0.25, -0.2) is 0 Å². The lowest BCUT2D eigenvalue weighted by Gasteiger charge is -2.07. The van der Waals surface area contributed by atoms with Crippen molar-refractivity contribution in [3.63, 3.8) is 0 Å². The summed E-state index contributed by atoms with van der Waals surface area (Å²) < 4.78 is 34.4. The molecule has 0 heterocycles. The zero-order valence-corrected chi connectivity index (χ0v) is 14.5. The SMILES string of the molecule is C#CCOc1ccc(CCNC(=O)/C=C/c2ccccc2OC(F)F)cc1. The van der Waals surface area contributed by atoms with Gasteiger partial charge in [0, 0.05) is 18.2 Å². The fourth-order valence-corrected chi connectivity index (χ4v) is 2.25. The van der Waals surface area contributed by atoms with Crippen LogP contribution < -0.4 is 14.8 Å². The zero-order chi connectivity index (χ0) is 19.5. The van der Waals surface area contributed by atoms with Crippen molar-refractivity contribution in [2.75, 3.05) is 13.2 Å². The van der Waals surface area contributed by atoms with Gasteiger partial charge in [-0.05, 0) is 36.3 Å². The number of hydrogen-bond donors (Lipinski definition) is 1. The first-order valence-corrected chi connectivity index (χ1v) is 8.23. The maximum atomic E-state index is 12.4. The average Bonchev–Trinajstić information content (AvgIpc) is 2.66. The van der Waals surface area contributed by atoms with E-state index in [2.05, 4.69) is 16.0 Å². The van der Waals surface area contributed by atoms with Gasteiger partial charge in [-0.15, -0.1) is 6.42 Å². The Kier molecular flexibility index (Phi) is 7.86. The van der Waals surface area contributed by atoms with Crippen molar-refractivity contribution in [3.05, 3.63) is 65.7 Å². The highest BCUT2D eigenvalue weighted by molar-refractivity contribution is 5.92. The molecule has 0 aliphatic heterocycles. The van der Waals surface area contributed by atoms with Crippen LogP contribution in [0, 0.1) is 12.3 Å². The van der Waals surface area contributed by atoms with Crippen LogP contribution in [0.5, 0.6) is 11.5 Å². The summed E-state index contributed by atoms with van der Waals surface area (Å²) in [7, 11) is 0. The van der Waals surface area contributed by atoms with Crippen molar-refractivity contribution < 1.29 is 23.0 Å². The number of nitrogens with one attached hydrogen (secondary N) is 1. The van der Waals surface area contributed by atoms with E-state index in [-0.39, 0.29) is 18.3 Å². The highest BCUT2D eigenvalue weighted by Gasteiger charge is 2.07. The number of ether oxygens (including phenoxy) is 2. The number of halogens is 2. The van der Waals surface area contributed by atoms with Crippen molar-refractivity contribution in [2.45, 2.75) is 13.0 Å². The molecule has 0 unspecified atom stereocenters. The molecule has 1 N–H and O–H groups in total. The standard InChI is InChI=1S/C21H19F2NO3/c1-2-15-26-18-10-7-16(8-11-18)13-14-24-20(25)12-9-17-5-3-4-6-19(17)27-21(22)23/h1,3-12,21H,13-15H2,(H,24,25)/b12-9+. The molecular formula is C21H19F2NO3. The Bertz CT molecular complexity index is 811. The number of hydrogen-bond acceptors (Lipinski definition) is 3. The van der Waals surface area contributed by atoms with Crippen LogP contribution in [0.4, 0.5) is 8.78 Å². The van der Waals surface area contributed by atoms with E-state index in [1.807, 2.05) is 24.3 Å².